The lowest BCUT2D eigenvalue weighted by atomic mass is 10.2. The van der Waals surface area contributed by atoms with E-state index < -0.39 is 23.2 Å². The number of ether oxygens (including phenoxy) is 2. The summed E-state index contributed by atoms with van der Waals surface area (Å²) < 4.78 is 10.3. The number of esters is 1. The normalized spacial score (nSPS) is 10.1. The van der Waals surface area contributed by atoms with E-state index in [-0.39, 0.29) is 11.3 Å². The van der Waals surface area contributed by atoms with E-state index in [1.807, 2.05) is 6.92 Å². The third kappa shape index (κ3) is 3.36. The van der Waals surface area contributed by atoms with Gasteiger partial charge in [-0.25, -0.2) is 4.79 Å². The molecule has 0 aliphatic rings. The van der Waals surface area contributed by atoms with Crippen molar-refractivity contribution in [3.63, 3.8) is 0 Å². The van der Waals surface area contributed by atoms with Crippen LogP contribution in [0.4, 0.5) is 0 Å². The maximum absolute atomic E-state index is 11.9. The molecule has 6 heteroatoms. The van der Waals surface area contributed by atoms with Crippen LogP contribution in [0.25, 0.3) is 0 Å². The molecular formula is C15H14O6. The third-order valence-electron chi connectivity index (χ3n) is 2.65. The van der Waals surface area contributed by atoms with Crippen LogP contribution in [0.15, 0.2) is 36.4 Å². The summed E-state index contributed by atoms with van der Waals surface area (Å²) in [5.41, 5.74) is -0.0864. The minimum absolute atomic E-state index is 0.0864. The Labute approximate surface area is 120 Å². The van der Waals surface area contributed by atoms with E-state index in [1.54, 1.807) is 24.3 Å². The zero-order chi connectivity index (χ0) is 15.4. The van der Waals surface area contributed by atoms with Crippen molar-refractivity contribution < 1.29 is 29.6 Å². The maximum Gasteiger partial charge on any atom is 0.343 e. The van der Waals surface area contributed by atoms with E-state index in [0.717, 1.165) is 12.1 Å². The van der Waals surface area contributed by atoms with Crippen molar-refractivity contribution in [2.24, 2.45) is 0 Å². The van der Waals surface area contributed by atoms with Crippen LogP contribution in [0.1, 0.15) is 17.3 Å². The van der Waals surface area contributed by atoms with Gasteiger partial charge in [0.05, 0.1) is 12.2 Å². The first-order valence-electron chi connectivity index (χ1n) is 6.21. The zero-order valence-corrected chi connectivity index (χ0v) is 11.2. The first-order chi connectivity index (χ1) is 10.0. The molecule has 2 rings (SSSR count). The molecule has 0 bridgehead atoms. The van der Waals surface area contributed by atoms with Crippen LogP contribution in [0, 0.1) is 0 Å². The van der Waals surface area contributed by atoms with Gasteiger partial charge in [0.2, 0.25) is 0 Å². The molecule has 0 aliphatic carbocycles. The predicted octanol–water partition coefficient (Wildman–Crippen LogP) is 2.42. The minimum atomic E-state index is -0.773. The average Bonchev–Trinajstić information content (AvgIpc) is 2.46. The molecule has 0 fully saturated rings. The lowest BCUT2D eigenvalue weighted by Crippen LogP contribution is -2.08. The van der Waals surface area contributed by atoms with Gasteiger partial charge in [-0.2, -0.15) is 0 Å². The summed E-state index contributed by atoms with van der Waals surface area (Å²) in [6.07, 6.45) is 0. The number of phenols is 3. The maximum atomic E-state index is 11.9. The van der Waals surface area contributed by atoms with Crippen molar-refractivity contribution in [2.75, 3.05) is 6.61 Å². The van der Waals surface area contributed by atoms with Gasteiger partial charge in [0, 0.05) is 0 Å². The van der Waals surface area contributed by atoms with Crippen molar-refractivity contribution in [3.8, 4) is 28.7 Å². The lowest BCUT2D eigenvalue weighted by molar-refractivity contribution is 0.0733. The van der Waals surface area contributed by atoms with Crippen LogP contribution in [-0.2, 0) is 0 Å². The Morgan fingerprint density at radius 3 is 2.05 bits per heavy atom. The third-order valence-corrected chi connectivity index (χ3v) is 2.65. The molecule has 21 heavy (non-hydrogen) atoms. The number of aromatic hydroxyl groups is 3. The summed E-state index contributed by atoms with van der Waals surface area (Å²) >= 11 is 0. The largest absolute Gasteiger partial charge is 0.504 e. The Hall–Kier alpha value is -2.89. The highest BCUT2D eigenvalue weighted by Gasteiger charge is 2.15. The molecule has 0 heterocycles. The minimum Gasteiger partial charge on any atom is -0.504 e. The number of hydrogen-bond donors (Lipinski definition) is 3. The van der Waals surface area contributed by atoms with Gasteiger partial charge in [-0.1, -0.05) is 0 Å². The summed E-state index contributed by atoms with van der Waals surface area (Å²) in [7, 11) is 0. The molecule has 0 radical (unpaired) electrons. The summed E-state index contributed by atoms with van der Waals surface area (Å²) in [5.74, 6) is -1.73. The monoisotopic (exact) mass is 290 g/mol. The fraction of sp³-hybridized carbons (Fsp3) is 0.133. The van der Waals surface area contributed by atoms with Gasteiger partial charge in [0.1, 0.15) is 11.5 Å². The molecule has 0 aliphatic heterocycles. The fourth-order valence-electron chi connectivity index (χ4n) is 1.66. The molecule has 0 unspecified atom stereocenters. The van der Waals surface area contributed by atoms with E-state index in [0.29, 0.717) is 12.4 Å². The average molecular weight is 290 g/mol. The Morgan fingerprint density at radius 2 is 1.52 bits per heavy atom. The quantitative estimate of drug-likeness (QED) is 0.454. The lowest BCUT2D eigenvalue weighted by Gasteiger charge is -2.08. The van der Waals surface area contributed by atoms with Crippen LogP contribution >= 0.6 is 0 Å². The second-order valence-electron chi connectivity index (χ2n) is 4.16. The van der Waals surface area contributed by atoms with Crippen molar-refractivity contribution in [3.05, 3.63) is 42.0 Å². The second kappa shape index (κ2) is 6.04. The number of rotatable bonds is 4. The summed E-state index contributed by atoms with van der Waals surface area (Å²) in [6.45, 7) is 2.39. The number of phenolic OH excluding ortho intramolecular Hbond substituents is 3. The van der Waals surface area contributed by atoms with E-state index in [1.165, 1.54) is 0 Å². The second-order valence-corrected chi connectivity index (χ2v) is 4.16. The van der Waals surface area contributed by atoms with Crippen molar-refractivity contribution in [1.82, 2.24) is 0 Å². The Bertz CT molecular complexity index is 625. The molecule has 6 nitrogen and oxygen atoms in total. The highest BCUT2D eigenvalue weighted by Crippen LogP contribution is 2.35. The fourth-order valence-corrected chi connectivity index (χ4v) is 1.66. The van der Waals surface area contributed by atoms with Gasteiger partial charge in [-0.05, 0) is 43.3 Å². The first-order valence-corrected chi connectivity index (χ1v) is 6.21. The Morgan fingerprint density at radius 1 is 1.00 bits per heavy atom. The Balaban J connectivity index is 2.14. The molecule has 0 spiro atoms. The van der Waals surface area contributed by atoms with E-state index >= 15 is 0 Å². The molecule has 0 aromatic heterocycles. The predicted molar refractivity (Wildman–Crippen MR) is 74.0 cm³/mol. The number of hydrogen-bond acceptors (Lipinski definition) is 6. The van der Waals surface area contributed by atoms with Gasteiger partial charge < -0.3 is 24.8 Å². The van der Waals surface area contributed by atoms with Gasteiger partial charge in [0.25, 0.3) is 0 Å². The first kappa shape index (κ1) is 14.5. The van der Waals surface area contributed by atoms with Gasteiger partial charge in [-0.3, -0.25) is 0 Å². The topological polar surface area (TPSA) is 96.2 Å². The molecular weight excluding hydrogens is 276 g/mol. The van der Waals surface area contributed by atoms with Crippen LogP contribution in [0.5, 0.6) is 28.7 Å². The standard InChI is InChI=1S/C15H14O6/c1-2-20-10-3-5-11(6-4-10)21-15(19)9-7-12(16)14(18)13(17)8-9/h3-8,16-18H,2H2,1H3. The van der Waals surface area contributed by atoms with E-state index in [2.05, 4.69) is 0 Å². The number of benzene rings is 2. The Kier molecular flexibility index (Phi) is 4.18. The SMILES string of the molecule is CCOc1ccc(OC(=O)c2cc(O)c(O)c(O)c2)cc1. The van der Waals surface area contributed by atoms with Crippen molar-refractivity contribution >= 4 is 5.97 Å². The van der Waals surface area contributed by atoms with Crippen LogP contribution in [-0.4, -0.2) is 27.9 Å². The molecule has 3 N–H and O–H groups in total. The summed E-state index contributed by atoms with van der Waals surface area (Å²) in [6, 6.07) is 8.43. The number of carbonyl (C=O) groups excluding carboxylic acids is 1. The molecule has 0 atom stereocenters. The highest BCUT2D eigenvalue weighted by atomic mass is 16.5. The smallest absolute Gasteiger partial charge is 0.343 e. The molecule has 0 amide bonds. The van der Waals surface area contributed by atoms with Crippen molar-refractivity contribution in [1.29, 1.82) is 0 Å². The zero-order valence-electron chi connectivity index (χ0n) is 11.2. The summed E-state index contributed by atoms with van der Waals surface area (Å²) in [5, 5.41) is 27.9. The summed E-state index contributed by atoms with van der Waals surface area (Å²) in [4.78, 5) is 11.9. The van der Waals surface area contributed by atoms with Crippen molar-refractivity contribution in [2.45, 2.75) is 6.92 Å². The highest BCUT2D eigenvalue weighted by molar-refractivity contribution is 5.92. The van der Waals surface area contributed by atoms with E-state index in [9.17, 15) is 20.1 Å². The van der Waals surface area contributed by atoms with Gasteiger partial charge >= 0.3 is 5.97 Å². The van der Waals surface area contributed by atoms with Gasteiger partial charge in [-0.15, -0.1) is 0 Å². The molecule has 2 aromatic rings. The van der Waals surface area contributed by atoms with Gasteiger partial charge in [0.15, 0.2) is 17.2 Å². The van der Waals surface area contributed by atoms with E-state index in [4.69, 9.17) is 9.47 Å². The molecule has 2 aromatic carbocycles. The van der Waals surface area contributed by atoms with Crippen LogP contribution in [0.2, 0.25) is 0 Å². The molecule has 110 valence electrons. The van der Waals surface area contributed by atoms with Crippen LogP contribution < -0.4 is 9.47 Å². The molecule has 0 saturated carbocycles. The number of carbonyl (C=O) groups is 1. The van der Waals surface area contributed by atoms with Crippen LogP contribution in [0.3, 0.4) is 0 Å². The molecule has 0 saturated heterocycles.